The summed E-state index contributed by atoms with van der Waals surface area (Å²) >= 11 is 1.40. The van der Waals surface area contributed by atoms with Crippen LogP contribution < -0.4 is 0 Å². The van der Waals surface area contributed by atoms with Crippen LogP contribution in [0.1, 0.15) is 47.4 Å². The van der Waals surface area contributed by atoms with Gasteiger partial charge in [-0.2, -0.15) is 5.10 Å². The van der Waals surface area contributed by atoms with Gasteiger partial charge in [-0.1, -0.05) is 6.92 Å². The zero-order valence-corrected chi connectivity index (χ0v) is 11.7. The number of nitrogens with zero attached hydrogens (tertiary/aromatic N) is 3. The number of carbonyl (C=O) groups is 1. The topological polar surface area (TPSA) is 47.8 Å². The number of hydrogen-bond acceptors (Lipinski definition) is 4. The molecule has 0 N–H and O–H groups in total. The predicted molar refractivity (Wildman–Crippen MR) is 72.1 cm³/mol. The number of carbonyl (C=O) groups excluding carboxylic acids is 1. The van der Waals surface area contributed by atoms with E-state index in [1.165, 1.54) is 11.3 Å². The molecule has 0 fully saturated rings. The molecule has 1 atom stereocenters. The lowest BCUT2D eigenvalue weighted by molar-refractivity contribution is 0.0995. The maximum absolute atomic E-state index is 12.1. The smallest absolute Gasteiger partial charge is 0.180 e. The van der Waals surface area contributed by atoms with Gasteiger partial charge in [-0.05, 0) is 26.3 Å². The fraction of sp³-hybridized carbons (Fsp3) is 0.462. The Bertz CT molecular complexity index is 544. The molecule has 0 aromatic carbocycles. The van der Waals surface area contributed by atoms with E-state index in [1.807, 2.05) is 23.9 Å². The summed E-state index contributed by atoms with van der Waals surface area (Å²) in [5.41, 5.74) is 3.35. The number of Topliss-reactive ketones (excluding diaryl/α,β-unsaturated/α-hetero) is 1. The van der Waals surface area contributed by atoms with Crippen molar-refractivity contribution in [1.82, 2.24) is 14.8 Å². The van der Waals surface area contributed by atoms with E-state index in [-0.39, 0.29) is 5.78 Å². The lowest BCUT2D eigenvalue weighted by Gasteiger charge is -2.07. The van der Waals surface area contributed by atoms with Crippen LogP contribution >= 0.6 is 11.3 Å². The van der Waals surface area contributed by atoms with Crippen molar-refractivity contribution < 1.29 is 4.79 Å². The van der Waals surface area contributed by atoms with Crippen molar-refractivity contribution in [1.29, 1.82) is 0 Å². The molecule has 0 aliphatic rings. The molecule has 4 nitrogen and oxygen atoms in total. The summed E-state index contributed by atoms with van der Waals surface area (Å²) < 4.78 is 1.92. The van der Waals surface area contributed by atoms with Crippen LogP contribution in [0.3, 0.4) is 0 Å². The zero-order chi connectivity index (χ0) is 13.1. The van der Waals surface area contributed by atoms with Crippen LogP contribution in [0.25, 0.3) is 0 Å². The van der Waals surface area contributed by atoms with E-state index in [2.05, 4.69) is 23.9 Å². The summed E-state index contributed by atoms with van der Waals surface area (Å²) in [7, 11) is 0. The van der Waals surface area contributed by atoms with E-state index < -0.39 is 0 Å². The average Bonchev–Trinajstić information content (AvgIpc) is 2.97. The third kappa shape index (κ3) is 2.67. The van der Waals surface area contributed by atoms with Crippen molar-refractivity contribution in [2.45, 2.75) is 39.7 Å². The second-order valence-corrected chi connectivity index (χ2v) is 5.27. The second-order valence-electron chi connectivity index (χ2n) is 4.41. The number of hydrogen-bond donors (Lipinski definition) is 0. The van der Waals surface area contributed by atoms with E-state index >= 15 is 0 Å². The van der Waals surface area contributed by atoms with Crippen molar-refractivity contribution >= 4 is 17.1 Å². The van der Waals surface area contributed by atoms with Gasteiger partial charge >= 0.3 is 0 Å². The second kappa shape index (κ2) is 5.44. The molecule has 96 valence electrons. The number of ketones is 1. The summed E-state index contributed by atoms with van der Waals surface area (Å²) in [5.74, 6) is 0.101. The standard InChI is InChI=1S/C13H17N3OS/c1-4-9(2)16-6-5-11(15-16)7-12(17)13-10(3)14-8-18-13/h5-6,8-9H,4,7H2,1-3H3. The van der Waals surface area contributed by atoms with Crippen molar-refractivity contribution in [3.8, 4) is 0 Å². The zero-order valence-electron chi connectivity index (χ0n) is 10.9. The van der Waals surface area contributed by atoms with Crippen LogP contribution in [0.2, 0.25) is 0 Å². The number of thiazole rings is 1. The van der Waals surface area contributed by atoms with Crippen LogP contribution in [0.15, 0.2) is 17.8 Å². The Morgan fingerprint density at radius 1 is 1.56 bits per heavy atom. The summed E-state index contributed by atoms with van der Waals surface area (Å²) in [6.45, 7) is 6.10. The molecule has 0 radical (unpaired) electrons. The highest BCUT2D eigenvalue weighted by Gasteiger charge is 2.14. The van der Waals surface area contributed by atoms with Crippen LogP contribution in [0.4, 0.5) is 0 Å². The highest BCUT2D eigenvalue weighted by molar-refractivity contribution is 7.11. The minimum Gasteiger partial charge on any atom is -0.293 e. The molecule has 2 heterocycles. The Labute approximate surface area is 111 Å². The minimum absolute atomic E-state index is 0.101. The molecule has 0 saturated heterocycles. The van der Waals surface area contributed by atoms with Gasteiger partial charge in [0.05, 0.1) is 28.2 Å². The third-order valence-corrected chi connectivity index (χ3v) is 4.02. The SMILES string of the molecule is CCC(C)n1ccc(CC(=O)c2scnc2C)n1. The van der Waals surface area contributed by atoms with E-state index in [1.54, 1.807) is 5.51 Å². The Hall–Kier alpha value is -1.49. The molecule has 0 aliphatic heterocycles. The first-order valence-corrected chi connectivity index (χ1v) is 6.97. The van der Waals surface area contributed by atoms with Crippen LogP contribution in [0.5, 0.6) is 0 Å². The summed E-state index contributed by atoms with van der Waals surface area (Å²) in [5, 5.41) is 4.44. The minimum atomic E-state index is 0.101. The van der Waals surface area contributed by atoms with Crippen molar-refractivity contribution in [3.63, 3.8) is 0 Å². The van der Waals surface area contributed by atoms with Crippen LogP contribution in [-0.2, 0) is 6.42 Å². The normalized spacial score (nSPS) is 12.6. The Balaban J connectivity index is 2.08. The first-order valence-electron chi connectivity index (χ1n) is 6.09. The molecule has 18 heavy (non-hydrogen) atoms. The monoisotopic (exact) mass is 263 g/mol. The van der Waals surface area contributed by atoms with Gasteiger partial charge in [0.2, 0.25) is 0 Å². The van der Waals surface area contributed by atoms with Gasteiger partial charge in [0, 0.05) is 12.2 Å². The fourth-order valence-corrected chi connectivity index (χ4v) is 2.46. The predicted octanol–water partition coefficient (Wildman–Crippen LogP) is 3.04. The molecule has 0 bridgehead atoms. The Kier molecular flexibility index (Phi) is 3.91. The highest BCUT2D eigenvalue weighted by Crippen LogP contribution is 2.16. The molecule has 1 unspecified atom stereocenters. The maximum atomic E-state index is 12.1. The lowest BCUT2D eigenvalue weighted by atomic mass is 10.2. The van der Waals surface area contributed by atoms with Crippen LogP contribution in [-0.4, -0.2) is 20.5 Å². The van der Waals surface area contributed by atoms with Gasteiger partial charge in [-0.15, -0.1) is 11.3 Å². The Morgan fingerprint density at radius 3 is 2.94 bits per heavy atom. The van der Waals surface area contributed by atoms with Gasteiger partial charge in [0.25, 0.3) is 0 Å². The van der Waals surface area contributed by atoms with Gasteiger partial charge in [0.1, 0.15) is 0 Å². The van der Waals surface area contributed by atoms with Crippen molar-refractivity contribution in [2.75, 3.05) is 0 Å². The molecule has 5 heteroatoms. The van der Waals surface area contributed by atoms with Crippen molar-refractivity contribution in [2.24, 2.45) is 0 Å². The lowest BCUT2D eigenvalue weighted by Crippen LogP contribution is -2.07. The average molecular weight is 263 g/mol. The molecule has 2 rings (SSSR count). The fourth-order valence-electron chi connectivity index (χ4n) is 1.72. The number of rotatable bonds is 5. The maximum Gasteiger partial charge on any atom is 0.180 e. The summed E-state index contributed by atoms with van der Waals surface area (Å²) in [6, 6.07) is 2.29. The number of aromatic nitrogens is 3. The van der Waals surface area contributed by atoms with Gasteiger partial charge in [-0.25, -0.2) is 4.98 Å². The summed E-state index contributed by atoms with van der Waals surface area (Å²) in [4.78, 5) is 16.9. The van der Waals surface area contributed by atoms with Gasteiger partial charge < -0.3 is 0 Å². The van der Waals surface area contributed by atoms with Gasteiger partial charge in [0.15, 0.2) is 5.78 Å². The molecule has 0 amide bonds. The van der Waals surface area contributed by atoms with Crippen molar-refractivity contribution in [3.05, 3.63) is 34.0 Å². The van der Waals surface area contributed by atoms with E-state index in [0.717, 1.165) is 22.7 Å². The van der Waals surface area contributed by atoms with E-state index in [4.69, 9.17) is 0 Å². The van der Waals surface area contributed by atoms with Gasteiger partial charge in [-0.3, -0.25) is 9.48 Å². The first kappa shape index (κ1) is 13.0. The Morgan fingerprint density at radius 2 is 2.33 bits per heavy atom. The molecule has 0 spiro atoms. The molecular formula is C13H17N3OS. The summed E-state index contributed by atoms with van der Waals surface area (Å²) in [6.07, 6.45) is 3.33. The van der Waals surface area contributed by atoms with E-state index in [0.29, 0.717) is 12.5 Å². The molecular weight excluding hydrogens is 246 g/mol. The molecule has 0 aliphatic carbocycles. The van der Waals surface area contributed by atoms with E-state index in [9.17, 15) is 4.79 Å². The molecule has 2 aromatic heterocycles. The highest BCUT2D eigenvalue weighted by atomic mass is 32.1. The third-order valence-electron chi connectivity index (χ3n) is 3.05. The molecule has 2 aromatic rings. The number of aryl methyl sites for hydroxylation is 1. The first-order chi connectivity index (χ1) is 8.61. The largest absolute Gasteiger partial charge is 0.293 e. The molecule has 0 saturated carbocycles. The van der Waals surface area contributed by atoms with Crippen LogP contribution in [0, 0.1) is 6.92 Å². The quantitative estimate of drug-likeness (QED) is 0.779.